The second kappa shape index (κ2) is 34.3. The van der Waals surface area contributed by atoms with Crippen LogP contribution >= 0.6 is 0 Å². The number of carbonyl (C=O) groups is 7. The first-order chi connectivity index (χ1) is 33.9. The van der Waals surface area contributed by atoms with Crippen LogP contribution in [0.15, 0.2) is 69.2 Å². The van der Waals surface area contributed by atoms with Crippen molar-refractivity contribution in [3.63, 3.8) is 0 Å². The van der Waals surface area contributed by atoms with Crippen LogP contribution in [0, 0.1) is 0 Å². The van der Waals surface area contributed by atoms with E-state index < -0.39 is 95.9 Å². The Balaban J connectivity index is 2.01. The van der Waals surface area contributed by atoms with E-state index in [-0.39, 0.29) is 48.7 Å². The number of hydrogen-bond donors (Lipinski definition) is 11. The summed E-state index contributed by atoms with van der Waals surface area (Å²) in [6.07, 6.45) is 20.2. The lowest BCUT2D eigenvalue weighted by Gasteiger charge is -2.26. The van der Waals surface area contributed by atoms with Crippen LogP contribution in [0.1, 0.15) is 129 Å². The van der Waals surface area contributed by atoms with Crippen molar-refractivity contribution in [2.45, 2.75) is 154 Å². The minimum absolute atomic E-state index is 0.0210. The Morgan fingerprint density at radius 2 is 1.23 bits per heavy atom. The van der Waals surface area contributed by atoms with Crippen molar-refractivity contribution in [2.75, 3.05) is 36.8 Å². The average Bonchev–Trinajstić information content (AvgIpc) is 3.32. The third-order valence-electron chi connectivity index (χ3n) is 11.4. The molecule has 0 spiro atoms. The molecule has 14 N–H and O–H groups in total. The van der Waals surface area contributed by atoms with E-state index in [1.54, 1.807) is 30.3 Å². The molecule has 0 radical (unpaired) electrons. The van der Waals surface area contributed by atoms with Crippen LogP contribution in [0.4, 0.5) is 11.4 Å². The number of amides is 6. The number of carboxylic acid groups (broad SMARTS) is 1. The quantitative estimate of drug-likeness (QED) is 0.0150. The molecule has 392 valence electrons. The summed E-state index contributed by atoms with van der Waals surface area (Å²) in [4.78, 5) is 118. The van der Waals surface area contributed by atoms with Crippen LogP contribution in [0.25, 0.3) is 0 Å². The number of anilines is 2. The maximum absolute atomic E-state index is 13.9. The third-order valence-corrected chi connectivity index (χ3v) is 11.4. The molecule has 2 aromatic rings. The Kier molecular flexibility index (Phi) is 29.0. The Morgan fingerprint density at radius 1 is 0.662 bits per heavy atom. The highest BCUT2D eigenvalue weighted by Crippen LogP contribution is 2.16. The number of nitrogens with zero attached hydrogens (tertiary/aromatic N) is 1. The van der Waals surface area contributed by atoms with E-state index in [4.69, 9.17) is 22.3 Å². The second-order valence-corrected chi connectivity index (χ2v) is 17.6. The Morgan fingerprint density at radius 3 is 1.80 bits per heavy atom. The molecule has 0 aromatic heterocycles. The normalized spacial score (nSPS) is 12.7. The van der Waals surface area contributed by atoms with Crippen LogP contribution in [0.2, 0.25) is 0 Å². The predicted octanol–water partition coefficient (Wildman–Crippen LogP) is 2.03. The van der Waals surface area contributed by atoms with Gasteiger partial charge in [-0.3, -0.25) is 48.1 Å². The summed E-state index contributed by atoms with van der Waals surface area (Å²) in [6, 6.07) is 3.13. The molecule has 0 fully saturated rings. The second-order valence-electron chi connectivity index (χ2n) is 17.6. The summed E-state index contributed by atoms with van der Waals surface area (Å²) in [5.74, 6) is -6.90. The number of hydrogen-bond acceptors (Lipinski definition) is 12. The summed E-state index contributed by atoms with van der Waals surface area (Å²) in [7, 11) is 0. The predicted molar refractivity (Wildman–Crippen MR) is 275 cm³/mol. The molecule has 21 nitrogen and oxygen atoms in total. The lowest BCUT2D eigenvalue weighted by Crippen LogP contribution is -2.58. The van der Waals surface area contributed by atoms with Gasteiger partial charge in [0.25, 0.3) is 10.9 Å². The number of allylic oxidation sites excluding steroid dienone is 2. The Labute approximate surface area is 416 Å². The molecule has 71 heavy (non-hydrogen) atoms. The number of carbonyl (C=O) groups excluding carboxylic acids is 6. The van der Waals surface area contributed by atoms with Gasteiger partial charge in [-0.15, -0.1) is 0 Å². The van der Waals surface area contributed by atoms with Crippen molar-refractivity contribution in [1.29, 1.82) is 0 Å². The lowest BCUT2D eigenvalue weighted by molar-refractivity contribution is -0.140. The highest BCUT2D eigenvalue weighted by Gasteiger charge is 2.31. The van der Waals surface area contributed by atoms with Crippen molar-refractivity contribution in [1.82, 2.24) is 26.6 Å². The first-order valence-electron chi connectivity index (χ1n) is 24.6. The van der Waals surface area contributed by atoms with Gasteiger partial charge in [0.05, 0.1) is 19.5 Å². The highest BCUT2D eigenvalue weighted by atomic mass is 16.4. The van der Waals surface area contributed by atoms with E-state index in [0.29, 0.717) is 12.1 Å². The first-order valence-corrected chi connectivity index (χ1v) is 24.6. The molecule has 2 aromatic carbocycles. The topological polar surface area (TPSA) is 348 Å². The molecule has 0 unspecified atom stereocenters. The largest absolute Gasteiger partial charge is 0.481 e. The number of guanidine groups is 1. The van der Waals surface area contributed by atoms with Crippen LogP contribution in [0.5, 0.6) is 0 Å². The summed E-state index contributed by atoms with van der Waals surface area (Å²) in [5.41, 5.74) is 15.4. The third kappa shape index (κ3) is 24.9. The molecule has 0 aliphatic heterocycles. The van der Waals surface area contributed by atoms with E-state index >= 15 is 0 Å². The zero-order chi connectivity index (χ0) is 52.6. The number of unbranched alkanes of at least 4 members (excludes halogenated alkanes) is 12. The zero-order valence-corrected chi connectivity index (χ0v) is 41.4. The maximum Gasteiger partial charge on any atom is 0.305 e. The van der Waals surface area contributed by atoms with Crippen molar-refractivity contribution < 1.29 is 38.7 Å². The van der Waals surface area contributed by atoms with Gasteiger partial charge in [0.1, 0.15) is 35.5 Å². The monoisotopic (exact) mass is 992 g/mol. The molecule has 6 amide bonds. The summed E-state index contributed by atoms with van der Waals surface area (Å²) in [6.45, 7) is 6.86. The number of nitrogens with two attached hydrogens (primary N) is 3. The number of aliphatic carboxylic acids is 1. The van der Waals surface area contributed by atoms with Crippen molar-refractivity contribution >= 4 is 58.7 Å². The van der Waals surface area contributed by atoms with Gasteiger partial charge in [-0.05, 0) is 63.0 Å². The molecule has 0 aliphatic carbocycles. The van der Waals surface area contributed by atoms with E-state index in [1.807, 2.05) is 0 Å². The van der Waals surface area contributed by atoms with Crippen molar-refractivity contribution in [3.8, 4) is 0 Å². The van der Waals surface area contributed by atoms with Crippen molar-refractivity contribution in [3.05, 3.63) is 80.6 Å². The van der Waals surface area contributed by atoms with Gasteiger partial charge < -0.3 is 59.5 Å². The molecule has 0 heterocycles. The van der Waals surface area contributed by atoms with Gasteiger partial charge in [-0.1, -0.05) is 114 Å². The summed E-state index contributed by atoms with van der Waals surface area (Å²) >= 11 is 0. The molecule has 0 bridgehead atoms. The van der Waals surface area contributed by atoms with E-state index in [2.05, 4.69) is 67.9 Å². The van der Waals surface area contributed by atoms with E-state index in [9.17, 15) is 43.2 Å². The van der Waals surface area contributed by atoms with Gasteiger partial charge in [-0.25, -0.2) is 0 Å². The molecule has 2 rings (SSSR count). The molecular weight excluding hydrogens is 915 g/mol. The fourth-order valence-corrected chi connectivity index (χ4v) is 7.40. The maximum atomic E-state index is 13.9. The average molecular weight is 992 g/mol. The van der Waals surface area contributed by atoms with Crippen LogP contribution in [-0.4, -0.2) is 103 Å². The number of carboxylic acids is 1. The Hall–Kier alpha value is -7.06. The minimum atomic E-state index is -1.55. The lowest BCUT2D eigenvalue weighted by atomic mass is 10.0. The number of primary amides is 1. The van der Waals surface area contributed by atoms with E-state index in [1.165, 1.54) is 51.9 Å². The fourth-order valence-electron chi connectivity index (χ4n) is 7.40. The van der Waals surface area contributed by atoms with Crippen LogP contribution in [-0.2, 0) is 40.0 Å². The molecule has 0 saturated heterocycles. The van der Waals surface area contributed by atoms with Gasteiger partial charge in [0, 0.05) is 19.5 Å². The number of nitrogens with one attached hydrogen (secondary N) is 7. The van der Waals surface area contributed by atoms with Crippen LogP contribution in [0.3, 0.4) is 0 Å². The Bertz CT molecular complexity index is 2170. The molecule has 4 atom stereocenters. The van der Waals surface area contributed by atoms with Crippen LogP contribution < -0.4 is 65.3 Å². The molecule has 0 saturated carbocycles. The minimum Gasteiger partial charge on any atom is -0.481 e. The van der Waals surface area contributed by atoms with Gasteiger partial charge >= 0.3 is 5.97 Å². The number of benzene rings is 1. The molecule has 0 aliphatic rings. The standard InChI is InChI=1S/C50H77N11O10/c1-4-5-6-7-8-9-10-11-12-13-14-15-16-17-18-22-27-54-42-43(45(67)44(42)66)56-31-38(62)59-37(29-34-24-20-19-21-25-34)48(70)61-41(33(2)3)49(71)60-35(26-23-28-55-50(52)53)47(69)57-32-39(63)58-36(46(51)68)30-40(64)65/h12-13,19-21,24-25,35-37,41,54,56H,2,4-11,14-18,22-23,26-32H2,1,3H3,(H2,51,68)(H,57,69)(H,58,63)(H,59,62)(H,60,71)(H,61,70)(H,64,65)(H4,52,53,55)/b13-12-/t35-,36-,37+,41-/m0/s1. The van der Waals surface area contributed by atoms with Gasteiger partial charge in [0.15, 0.2) is 5.96 Å². The summed E-state index contributed by atoms with van der Waals surface area (Å²) in [5, 5.41) is 27.0. The van der Waals surface area contributed by atoms with Gasteiger partial charge in [0.2, 0.25) is 35.4 Å². The number of aliphatic imine (C=N–C) groups is 1. The highest BCUT2D eigenvalue weighted by molar-refractivity contribution is 5.97. The molecular formula is C50H77N11O10. The number of rotatable bonds is 39. The van der Waals surface area contributed by atoms with E-state index in [0.717, 1.165) is 44.9 Å². The first kappa shape index (κ1) is 60.1. The van der Waals surface area contributed by atoms with Crippen molar-refractivity contribution in [2.24, 2.45) is 22.2 Å². The fraction of sp³-hybridized carbons (Fsp3) is 0.560. The SMILES string of the molecule is C=C(C)[C@H](NC(=O)[C@@H](Cc1ccccc1)NC(=O)CNc1c(NCCCCCCC/C=C\CCCCCCCCC)c(=O)c1=O)C(=O)N[C@@H](CCCN=C(N)N)C(=O)NCC(=O)N[C@@H](CC(=O)O)C(N)=O. The smallest absolute Gasteiger partial charge is 0.305 e. The zero-order valence-electron chi connectivity index (χ0n) is 41.4. The summed E-state index contributed by atoms with van der Waals surface area (Å²) < 4.78 is 0. The molecule has 21 heteroatoms. The van der Waals surface area contributed by atoms with Gasteiger partial charge in [-0.2, -0.15) is 0 Å².